The van der Waals surface area contributed by atoms with Gasteiger partial charge >= 0.3 is 0 Å². The van der Waals surface area contributed by atoms with Crippen LogP contribution < -0.4 is 0 Å². The molecule has 1 fully saturated rings. The highest BCUT2D eigenvalue weighted by molar-refractivity contribution is 9.10. The molecular weight excluding hydrogens is 304 g/mol. The number of hydrogen-bond acceptors (Lipinski definition) is 4. The van der Waals surface area contributed by atoms with Crippen molar-refractivity contribution in [3.8, 4) is 0 Å². The summed E-state index contributed by atoms with van der Waals surface area (Å²) in [5.41, 5.74) is 0.125. The van der Waals surface area contributed by atoms with Crippen molar-refractivity contribution in [1.82, 2.24) is 4.90 Å². The van der Waals surface area contributed by atoms with Crippen molar-refractivity contribution in [2.75, 3.05) is 13.1 Å². The van der Waals surface area contributed by atoms with Gasteiger partial charge in [0.05, 0.1) is 16.6 Å². The summed E-state index contributed by atoms with van der Waals surface area (Å²) in [6.45, 7) is 0.739. The maximum atomic E-state index is 12.2. The first kappa shape index (κ1) is 13.0. The fraction of sp³-hybridized carbons (Fsp3) is 0.364. The van der Waals surface area contributed by atoms with Crippen LogP contribution in [-0.2, 0) is 0 Å². The number of nitro benzene ring substituents is 1. The van der Waals surface area contributed by atoms with E-state index in [2.05, 4.69) is 15.9 Å². The lowest BCUT2D eigenvalue weighted by molar-refractivity contribution is -0.384. The normalized spacial score (nSPS) is 19.0. The summed E-state index contributed by atoms with van der Waals surface area (Å²) in [5.74, 6) is -0.304. The molecule has 6 nitrogen and oxygen atoms in total. The Hall–Kier alpha value is -1.47. The molecule has 0 bridgehead atoms. The van der Waals surface area contributed by atoms with Gasteiger partial charge in [0.25, 0.3) is 11.6 Å². The quantitative estimate of drug-likeness (QED) is 0.663. The number of likely N-dealkylation sites (tertiary alicyclic amines) is 1. The van der Waals surface area contributed by atoms with E-state index in [0.717, 1.165) is 0 Å². The average Bonchev–Trinajstić information content (AvgIpc) is 2.75. The molecule has 7 heteroatoms. The second-order valence-electron chi connectivity index (χ2n) is 4.11. The number of nitrogens with zero attached hydrogens (tertiary/aromatic N) is 2. The number of carbonyl (C=O) groups is 1. The van der Waals surface area contributed by atoms with Crippen LogP contribution in [0.3, 0.4) is 0 Å². The Balaban J connectivity index is 2.29. The number of nitro groups is 1. The van der Waals surface area contributed by atoms with E-state index in [9.17, 15) is 20.0 Å². The van der Waals surface area contributed by atoms with E-state index in [-0.39, 0.29) is 23.7 Å². The highest BCUT2D eigenvalue weighted by Gasteiger charge is 2.27. The van der Waals surface area contributed by atoms with Crippen LogP contribution in [0, 0.1) is 10.1 Å². The first-order valence-electron chi connectivity index (χ1n) is 5.40. The second-order valence-corrected chi connectivity index (χ2v) is 4.97. The third kappa shape index (κ3) is 2.51. The van der Waals surface area contributed by atoms with Gasteiger partial charge in [-0.2, -0.15) is 0 Å². The minimum atomic E-state index is -0.540. The Kier molecular flexibility index (Phi) is 3.63. The van der Waals surface area contributed by atoms with Gasteiger partial charge < -0.3 is 10.0 Å². The number of β-amino-alcohol motifs (C(OH)–C–C–N with tert-alkyl or cyclic N) is 1. The lowest BCUT2D eigenvalue weighted by Gasteiger charge is -2.16. The van der Waals surface area contributed by atoms with E-state index in [1.165, 1.54) is 23.1 Å². The summed E-state index contributed by atoms with van der Waals surface area (Å²) in [7, 11) is 0. The van der Waals surface area contributed by atoms with Gasteiger partial charge in [0.2, 0.25) is 0 Å². The molecule has 2 rings (SSSR count). The van der Waals surface area contributed by atoms with Crippen molar-refractivity contribution >= 4 is 27.5 Å². The molecule has 1 N–H and O–H groups in total. The first-order valence-corrected chi connectivity index (χ1v) is 6.19. The zero-order chi connectivity index (χ0) is 13.3. The number of hydrogen-bond donors (Lipinski definition) is 1. The Bertz CT molecular complexity index is 506. The number of non-ortho nitro benzene ring substituents is 1. The molecule has 1 aliphatic heterocycles. The molecule has 1 aromatic carbocycles. The van der Waals surface area contributed by atoms with Crippen molar-refractivity contribution in [3.05, 3.63) is 38.3 Å². The van der Waals surface area contributed by atoms with E-state index in [1.54, 1.807) is 0 Å². The highest BCUT2D eigenvalue weighted by Crippen LogP contribution is 2.25. The molecular formula is C11H11BrN2O4. The van der Waals surface area contributed by atoms with E-state index < -0.39 is 11.0 Å². The van der Waals surface area contributed by atoms with E-state index in [0.29, 0.717) is 17.4 Å². The van der Waals surface area contributed by atoms with E-state index >= 15 is 0 Å². The molecule has 0 spiro atoms. The molecule has 18 heavy (non-hydrogen) atoms. The molecule has 1 atom stereocenters. The maximum absolute atomic E-state index is 12.2. The van der Waals surface area contributed by atoms with Gasteiger partial charge in [0.1, 0.15) is 0 Å². The summed E-state index contributed by atoms with van der Waals surface area (Å²) in [5, 5.41) is 20.1. The largest absolute Gasteiger partial charge is 0.391 e. The number of aliphatic hydroxyl groups excluding tert-OH is 1. The molecule has 1 heterocycles. The summed E-state index contributed by atoms with van der Waals surface area (Å²) in [6, 6.07) is 4.06. The van der Waals surface area contributed by atoms with Gasteiger partial charge in [-0.15, -0.1) is 0 Å². The van der Waals surface area contributed by atoms with Gasteiger partial charge in [-0.3, -0.25) is 14.9 Å². The zero-order valence-corrected chi connectivity index (χ0v) is 11.0. The lowest BCUT2D eigenvalue weighted by Crippen LogP contribution is -2.29. The van der Waals surface area contributed by atoms with E-state index in [1.807, 2.05) is 0 Å². The molecule has 0 aromatic heterocycles. The smallest absolute Gasteiger partial charge is 0.270 e. The standard InChI is InChI=1S/C11H11BrN2O4/c12-10-2-1-7(14(17)18)5-9(10)11(16)13-4-3-8(15)6-13/h1-2,5,8,15H,3-4,6H2/t8-/m1/s1. The van der Waals surface area contributed by atoms with Crippen LogP contribution in [0.2, 0.25) is 0 Å². The third-order valence-electron chi connectivity index (χ3n) is 2.84. The molecule has 96 valence electrons. The van der Waals surface area contributed by atoms with Gasteiger partial charge in [0.15, 0.2) is 0 Å². The maximum Gasteiger partial charge on any atom is 0.270 e. The third-order valence-corrected chi connectivity index (χ3v) is 3.53. The minimum Gasteiger partial charge on any atom is -0.391 e. The number of carbonyl (C=O) groups excluding carboxylic acids is 1. The Morgan fingerprint density at radius 1 is 1.56 bits per heavy atom. The molecule has 0 saturated carbocycles. The van der Waals surface area contributed by atoms with Crippen molar-refractivity contribution in [2.45, 2.75) is 12.5 Å². The SMILES string of the molecule is O=C(c1cc([N+](=O)[O-])ccc1Br)N1CC[C@@H](O)C1. The fourth-order valence-corrected chi connectivity index (χ4v) is 2.30. The predicted molar refractivity (Wildman–Crippen MR) is 67.3 cm³/mol. The molecule has 1 saturated heterocycles. The highest BCUT2D eigenvalue weighted by atomic mass is 79.9. The van der Waals surface area contributed by atoms with Crippen LogP contribution in [0.4, 0.5) is 5.69 Å². The Labute approximate surface area is 111 Å². The average molecular weight is 315 g/mol. The van der Waals surface area contributed by atoms with Crippen molar-refractivity contribution in [3.63, 3.8) is 0 Å². The van der Waals surface area contributed by atoms with E-state index in [4.69, 9.17) is 0 Å². The molecule has 1 aromatic rings. The summed E-state index contributed by atoms with van der Waals surface area (Å²) < 4.78 is 0.513. The number of aliphatic hydroxyl groups is 1. The van der Waals surface area contributed by atoms with Crippen LogP contribution >= 0.6 is 15.9 Å². The topological polar surface area (TPSA) is 83.7 Å². The number of rotatable bonds is 2. The monoisotopic (exact) mass is 314 g/mol. The molecule has 0 radical (unpaired) electrons. The molecule has 0 aliphatic carbocycles. The van der Waals surface area contributed by atoms with Crippen LogP contribution in [-0.4, -0.2) is 40.0 Å². The number of amides is 1. The lowest BCUT2D eigenvalue weighted by atomic mass is 10.2. The Morgan fingerprint density at radius 2 is 2.28 bits per heavy atom. The number of benzene rings is 1. The van der Waals surface area contributed by atoms with Crippen LogP contribution in [0.15, 0.2) is 22.7 Å². The van der Waals surface area contributed by atoms with Gasteiger partial charge in [0, 0.05) is 29.7 Å². The molecule has 1 aliphatic rings. The summed E-state index contributed by atoms with van der Waals surface area (Å²) in [6.07, 6.45) is 0.0320. The minimum absolute atomic E-state index is 0.124. The van der Waals surface area contributed by atoms with Gasteiger partial charge in [-0.25, -0.2) is 0 Å². The molecule has 1 amide bonds. The van der Waals surface area contributed by atoms with Gasteiger partial charge in [-0.1, -0.05) is 0 Å². The van der Waals surface area contributed by atoms with Crippen molar-refractivity contribution in [2.24, 2.45) is 0 Å². The van der Waals surface area contributed by atoms with Crippen molar-refractivity contribution in [1.29, 1.82) is 0 Å². The Morgan fingerprint density at radius 3 is 2.83 bits per heavy atom. The molecule has 0 unspecified atom stereocenters. The van der Waals surface area contributed by atoms with Gasteiger partial charge in [-0.05, 0) is 28.4 Å². The second kappa shape index (κ2) is 5.03. The zero-order valence-electron chi connectivity index (χ0n) is 9.38. The fourth-order valence-electron chi connectivity index (χ4n) is 1.89. The van der Waals surface area contributed by atoms with Crippen LogP contribution in [0.25, 0.3) is 0 Å². The van der Waals surface area contributed by atoms with Crippen LogP contribution in [0.5, 0.6) is 0 Å². The summed E-state index contributed by atoms with van der Waals surface area (Å²) in [4.78, 5) is 23.8. The first-order chi connectivity index (χ1) is 8.49. The summed E-state index contributed by atoms with van der Waals surface area (Å²) >= 11 is 3.21. The van der Waals surface area contributed by atoms with Crippen LogP contribution in [0.1, 0.15) is 16.8 Å². The number of halogens is 1. The van der Waals surface area contributed by atoms with Crippen molar-refractivity contribution < 1.29 is 14.8 Å². The predicted octanol–water partition coefficient (Wildman–Crippen LogP) is 1.56.